The van der Waals surface area contributed by atoms with Crippen molar-refractivity contribution in [3.05, 3.63) is 72.2 Å². The number of nitrogens with zero attached hydrogens (tertiary/aromatic N) is 3. The fourth-order valence-electron chi connectivity index (χ4n) is 4.19. The van der Waals surface area contributed by atoms with Gasteiger partial charge in [0.15, 0.2) is 0 Å². The minimum absolute atomic E-state index is 0.0326. The summed E-state index contributed by atoms with van der Waals surface area (Å²) in [5, 5.41) is 10.9. The van der Waals surface area contributed by atoms with Gasteiger partial charge in [0, 0.05) is 24.2 Å². The van der Waals surface area contributed by atoms with Crippen LogP contribution in [0.25, 0.3) is 11.3 Å². The third kappa shape index (κ3) is 2.82. The molecule has 3 aromatic rings. The predicted molar refractivity (Wildman–Crippen MR) is 105 cm³/mol. The van der Waals surface area contributed by atoms with E-state index in [-0.39, 0.29) is 18.6 Å². The lowest BCUT2D eigenvalue weighted by molar-refractivity contribution is -0.125. The fraction of sp³-hybridized carbons (Fsp3) is 0.273. The second-order valence-electron chi connectivity index (χ2n) is 7.23. The van der Waals surface area contributed by atoms with Crippen molar-refractivity contribution in [2.75, 3.05) is 24.7 Å². The number of aliphatic hydroxyl groups excluding tert-OH is 1. The summed E-state index contributed by atoms with van der Waals surface area (Å²) in [7, 11) is 0. The monoisotopic (exact) mass is 375 g/mol. The van der Waals surface area contributed by atoms with Gasteiger partial charge in [-0.3, -0.25) is 4.79 Å². The van der Waals surface area contributed by atoms with Gasteiger partial charge in [-0.15, -0.1) is 0 Å². The minimum Gasteiger partial charge on any atom is -0.388 e. The van der Waals surface area contributed by atoms with Crippen LogP contribution in [0.2, 0.25) is 0 Å². The highest BCUT2D eigenvalue weighted by Gasteiger charge is 2.30. The van der Waals surface area contributed by atoms with E-state index >= 15 is 0 Å². The Hall–Kier alpha value is -2.96. The van der Waals surface area contributed by atoms with Gasteiger partial charge in [0.2, 0.25) is 0 Å². The van der Waals surface area contributed by atoms with Crippen molar-refractivity contribution in [2.45, 2.75) is 18.6 Å². The van der Waals surface area contributed by atoms with E-state index in [0.29, 0.717) is 19.6 Å². The number of hydrogen-bond donors (Lipinski definition) is 1. The number of rotatable bonds is 4. The molecule has 0 aliphatic carbocycles. The van der Waals surface area contributed by atoms with Gasteiger partial charge in [-0.25, -0.2) is 4.98 Å². The van der Waals surface area contributed by atoms with Gasteiger partial charge in [0.1, 0.15) is 6.61 Å². The van der Waals surface area contributed by atoms with Crippen molar-refractivity contribution in [1.82, 2.24) is 9.55 Å². The van der Waals surface area contributed by atoms with Crippen LogP contribution in [0.3, 0.4) is 0 Å². The zero-order chi connectivity index (χ0) is 19.1. The third-order valence-corrected chi connectivity index (χ3v) is 5.62. The number of benzene rings is 2. The summed E-state index contributed by atoms with van der Waals surface area (Å²) in [6.45, 7) is 1.23. The molecule has 1 amide bonds. The predicted octanol–water partition coefficient (Wildman–Crippen LogP) is 2.94. The summed E-state index contributed by atoms with van der Waals surface area (Å²) < 4.78 is 7.32. The Balaban J connectivity index is 1.36. The molecule has 0 saturated carbocycles. The van der Waals surface area contributed by atoms with E-state index in [1.165, 1.54) is 11.1 Å². The van der Waals surface area contributed by atoms with Crippen molar-refractivity contribution in [3.63, 3.8) is 0 Å². The van der Waals surface area contributed by atoms with Crippen LogP contribution in [0.5, 0.6) is 0 Å². The molecule has 2 aliphatic rings. The van der Waals surface area contributed by atoms with Crippen molar-refractivity contribution < 1.29 is 14.6 Å². The summed E-state index contributed by atoms with van der Waals surface area (Å²) in [5.41, 5.74) is 5.17. The smallest absolute Gasteiger partial charge is 0.253 e. The lowest BCUT2D eigenvalue weighted by atomic mass is 9.95. The largest absolute Gasteiger partial charge is 0.388 e. The molecule has 0 spiro atoms. The maximum Gasteiger partial charge on any atom is 0.253 e. The number of carbonyl (C=O) groups is 1. The molecular formula is C22H21N3O3. The van der Waals surface area contributed by atoms with Gasteiger partial charge in [-0.05, 0) is 23.3 Å². The molecule has 6 nitrogen and oxygen atoms in total. The van der Waals surface area contributed by atoms with Gasteiger partial charge >= 0.3 is 0 Å². The van der Waals surface area contributed by atoms with E-state index < -0.39 is 6.10 Å². The topological polar surface area (TPSA) is 67.6 Å². The molecule has 2 aromatic carbocycles. The lowest BCUT2D eigenvalue weighted by Gasteiger charge is -2.27. The van der Waals surface area contributed by atoms with Crippen LogP contribution in [0.15, 0.2) is 61.1 Å². The Kier molecular flexibility index (Phi) is 4.22. The van der Waals surface area contributed by atoms with Crippen LogP contribution >= 0.6 is 0 Å². The minimum atomic E-state index is -0.610. The molecule has 1 fully saturated rings. The Morgan fingerprint density at radius 3 is 2.82 bits per heavy atom. The van der Waals surface area contributed by atoms with Crippen LogP contribution in [-0.4, -0.2) is 40.3 Å². The van der Waals surface area contributed by atoms with Gasteiger partial charge in [-0.2, -0.15) is 0 Å². The number of ether oxygens (including phenoxy) is 1. The summed E-state index contributed by atoms with van der Waals surface area (Å²) in [6.07, 6.45) is 3.66. The van der Waals surface area contributed by atoms with Gasteiger partial charge in [0.05, 0.1) is 37.0 Å². The molecule has 2 atom stereocenters. The number of aromatic nitrogens is 2. The molecule has 1 saturated heterocycles. The summed E-state index contributed by atoms with van der Waals surface area (Å²) in [6, 6.07) is 15.9. The molecule has 3 heterocycles. The highest BCUT2D eigenvalue weighted by molar-refractivity contribution is 5.94. The molecule has 5 rings (SSSR count). The van der Waals surface area contributed by atoms with Gasteiger partial charge in [0.25, 0.3) is 5.91 Å². The van der Waals surface area contributed by atoms with E-state index in [1.54, 1.807) is 4.90 Å². The Bertz CT molecular complexity index is 1010. The average molecular weight is 375 g/mol. The number of hydrogen-bond acceptors (Lipinski definition) is 4. The maximum atomic E-state index is 12.0. The van der Waals surface area contributed by atoms with Crippen LogP contribution in [0.1, 0.15) is 29.7 Å². The second kappa shape index (κ2) is 6.89. The number of fused-ring (bicyclic) bond motifs is 3. The van der Waals surface area contributed by atoms with Crippen molar-refractivity contribution in [3.8, 4) is 11.3 Å². The molecule has 0 bridgehead atoms. The number of morpholine rings is 1. The molecule has 2 unspecified atom stereocenters. The number of aliphatic hydroxyl groups is 1. The van der Waals surface area contributed by atoms with Crippen molar-refractivity contribution in [2.24, 2.45) is 0 Å². The average Bonchev–Trinajstić information content (AvgIpc) is 3.31. The Morgan fingerprint density at radius 1 is 1.18 bits per heavy atom. The fourth-order valence-corrected chi connectivity index (χ4v) is 4.19. The summed E-state index contributed by atoms with van der Waals surface area (Å²) >= 11 is 0. The molecule has 28 heavy (non-hydrogen) atoms. The van der Waals surface area contributed by atoms with Gasteiger partial charge < -0.3 is 19.3 Å². The lowest BCUT2D eigenvalue weighted by Crippen LogP contribution is -2.41. The first-order valence-electron chi connectivity index (χ1n) is 9.49. The number of anilines is 1. The molecule has 2 aliphatic heterocycles. The zero-order valence-corrected chi connectivity index (χ0v) is 15.4. The zero-order valence-electron chi connectivity index (χ0n) is 15.4. The molecule has 0 radical (unpaired) electrons. The molecule has 6 heteroatoms. The maximum absolute atomic E-state index is 12.0. The molecule has 1 N–H and O–H groups in total. The first-order valence-corrected chi connectivity index (χ1v) is 9.49. The Labute approximate surface area is 163 Å². The SMILES string of the molecule is O=C1COCCN1c1ccc(C(O)CC2c3ccccc3-c3cncn32)cc1. The van der Waals surface area contributed by atoms with E-state index in [9.17, 15) is 9.90 Å². The quantitative estimate of drug-likeness (QED) is 0.761. The Morgan fingerprint density at radius 2 is 2.00 bits per heavy atom. The highest BCUT2D eigenvalue weighted by atomic mass is 16.5. The number of imidazole rings is 1. The number of carbonyl (C=O) groups excluding carboxylic acids is 1. The van der Waals surface area contributed by atoms with E-state index in [1.807, 2.05) is 48.9 Å². The van der Waals surface area contributed by atoms with Crippen LogP contribution in [0.4, 0.5) is 5.69 Å². The second-order valence-corrected chi connectivity index (χ2v) is 7.23. The van der Waals surface area contributed by atoms with E-state index in [0.717, 1.165) is 16.9 Å². The summed E-state index contributed by atoms with van der Waals surface area (Å²) in [5.74, 6) is -0.0326. The molecule has 142 valence electrons. The standard InChI is InChI=1S/C22H21N3O3/c26-21(15-5-7-16(8-6-15)24-9-10-28-13-22(24)27)11-19-17-3-1-2-4-18(17)20-12-23-14-25(19)20/h1-8,12,14,19,21,26H,9-11,13H2. The van der Waals surface area contributed by atoms with E-state index in [2.05, 4.69) is 21.7 Å². The molecule has 1 aromatic heterocycles. The summed E-state index contributed by atoms with van der Waals surface area (Å²) in [4.78, 5) is 18.0. The van der Waals surface area contributed by atoms with Crippen molar-refractivity contribution in [1.29, 1.82) is 0 Å². The first-order chi connectivity index (χ1) is 13.7. The van der Waals surface area contributed by atoms with Crippen molar-refractivity contribution >= 4 is 11.6 Å². The number of amides is 1. The van der Waals surface area contributed by atoms with Crippen LogP contribution < -0.4 is 4.90 Å². The normalized spacial score (nSPS) is 19.4. The third-order valence-electron chi connectivity index (χ3n) is 5.62. The highest BCUT2D eigenvalue weighted by Crippen LogP contribution is 2.43. The van der Waals surface area contributed by atoms with Crippen LogP contribution in [-0.2, 0) is 9.53 Å². The van der Waals surface area contributed by atoms with Gasteiger partial charge in [-0.1, -0.05) is 36.4 Å². The van der Waals surface area contributed by atoms with Crippen LogP contribution in [0, 0.1) is 0 Å². The molecular weight excluding hydrogens is 354 g/mol. The first kappa shape index (κ1) is 17.2. The van der Waals surface area contributed by atoms with E-state index in [4.69, 9.17) is 4.74 Å².